The summed E-state index contributed by atoms with van der Waals surface area (Å²) in [4.78, 5) is 0. The first-order valence-electron chi connectivity index (χ1n) is 14.8. The Morgan fingerprint density at radius 2 is 0.744 bits per heavy atom. The number of hydrogen-bond donors (Lipinski definition) is 2. The molecule has 0 aliphatic heterocycles. The van der Waals surface area contributed by atoms with E-state index in [4.69, 9.17) is 11.5 Å². The summed E-state index contributed by atoms with van der Waals surface area (Å²) in [7, 11) is 0. The van der Waals surface area contributed by atoms with E-state index in [0.29, 0.717) is 0 Å². The van der Waals surface area contributed by atoms with Crippen LogP contribution in [0, 0.1) is 13.8 Å². The van der Waals surface area contributed by atoms with E-state index in [2.05, 4.69) is 74.5 Å². The number of hydrogen-bond acceptors (Lipinski definition) is 2. The number of rotatable bonds is 14. The van der Waals surface area contributed by atoms with Crippen LogP contribution < -0.4 is 11.5 Å². The SMILES string of the molecule is Cc1cc(Cc2ccc(N)cc2)ccc1CCCCCCCCCc1ccc(Cc2ccc(N)cc2)cc1C. The predicted octanol–water partition coefficient (Wildman–Crippen LogP) is 9.17. The van der Waals surface area contributed by atoms with Gasteiger partial charge < -0.3 is 11.5 Å². The highest BCUT2D eigenvalue weighted by molar-refractivity contribution is 5.42. The van der Waals surface area contributed by atoms with Crippen LogP contribution in [0.15, 0.2) is 84.9 Å². The Kier molecular flexibility index (Phi) is 10.7. The second-order valence-corrected chi connectivity index (χ2v) is 11.3. The Balaban J connectivity index is 1.07. The van der Waals surface area contributed by atoms with Gasteiger partial charge in [0, 0.05) is 11.4 Å². The van der Waals surface area contributed by atoms with Crippen LogP contribution in [0.1, 0.15) is 89.5 Å². The number of aryl methyl sites for hydroxylation is 4. The van der Waals surface area contributed by atoms with Crippen LogP contribution in [0.25, 0.3) is 0 Å². The normalized spacial score (nSPS) is 11.1. The molecule has 39 heavy (non-hydrogen) atoms. The zero-order chi connectivity index (χ0) is 27.5. The molecule has 4 rings (SSSR count). The second kappa shape index (κ2) is 14.6. The maximum atomic E-state index is 5.81. The van der Waals surface area contributed by atoms with Gasteiger partial charge >= 0.3 is 0 Å². The molecule has 0 aromatic heterocycles. The quantitative estimate of drug-likeness (QED) is 0.129. The van der Waals surface area contributed by atoms with E-state index in [0.717, 1.165) is 24.2 Å². The molecule has 4 aromatic carbocycles. The van der Waals surface area contributed by atoms with Gasteiger partial charge in [-0.25, -0.2) is 0 Å². The first-order chi connectivity index (χ1) is 19.0. The minimum atomic E-state index is 0.827. The van der Waals surface area contributed by atoms with Crippen LogP contribution in [-0.4, -0.2) is 0 Å². The van der Waals surface area contributed by atoms with Crippen molar-refractivity contribution in [2.45, 2.75) is 84.5 Å². The summed E-state index contributed by atoms with van der Waals surface area (Å²) in [6.45, 7) is 4.52. The summed E-state index contributed by atoms with van der Waals surface area (Å²) in [6, 6.07) is 30.5. The van der Waals surface area contributed by atoms with Crippen LogP contribution in [-0.2, 0) is 25.7 Å². The standard InChI is InChI=1S/C37H46N2/c1-28-24-32(26-30-14-20-36(38)21-15-30)12-18-34(28)10-8-6-4-3-5-7-9-11-35-19-13-33(25-29(35)2)27-31-16-22-37(39)23-17-31/h12-25H,3-11,26-27,38-39H2,1-2H3. The lowest BCUT2D eigenvalue weighted by molar-refractivity contribution is 0.578. The molecule has 0 saturated carbocycles. The highest BCUT2D eigenvalue weighted by Crippen LogP contribution is 2.20. The van der Waals surface area contributed by atoms with Crippen LogP contribution in [0.5, 0.6) is 0 Å². The Hall–Kier alpha value is -3.52. The van der Waals surface area contributed by atoms with Crippen molar-refractivity contribution in [1.82, 2.24) is 0 Å². The van der Waals surface area contributed by atoms with Gasteiger partial charge in [-0.3, -0.25) is 0 Å². The zero-order valence-corrected chi connectivity index (χ0v) is 24.0. The second-order valence-electron chi connectivity index (χ2n) is 11.3. The summed E-state index contributed by atoms with van der Waals surface area (Å²) in [5.74, 6) is 0. The molecule has 2 nitrogen and oxygen atoms in total. The molecule has 4 aromatic rings. The topological polar surface area (TPSA) is 52.0 Å². The molecule has 0 atom stereocenters. The minimum Gasteiger partial charge on any atom is -0.399 e. The number of anilines is 2. The van der Waals surface area contributed by atoms with Gasteiger partial charge in [-0.15, -0.1) is 0 Å². The van der Waals surface area contributed by atoms with Gasteiger partial charge in [0.05, 0.1) is 0 Å². The lowest BCUT2D eigenvalue weighted by atomic mass is 9.96. The third-order valence-corrected chi connectivity index (χ3v) is 7.98. The van der Waals surface area contributed by atoms with Gasteiger partial charge in [0.15, 0.2) is 0 Å². The maximum Gasteiger partial charge on any atom is 0.0314 e. The van der Waals surface area contributed by atoms with E-state index in [1.165, 1.54) is 102 Å². The largest absolute Gasteiger partial charge is 0.399 e. The van der Waals surface area contributed by atoms with Gasteiger partial charge in [0.2, 0.25) is 0 Å². The molecule has 0 aliphatic carbocycles. The van der Waals surface area contributed by atoms with Crippen LogP contribution in [0.4, 0.5) is 11.4 Å². The molecule has 0 saturated heterocycles. The minimum absolute atomic E-state index is 0.827. The van der Waals surface area contributed by atoms with Crippen molar-refractivity contribution < 1.29 is 0 Å². The molecule has 2 heteroatoms. The molecule has 4 N–H and O–H groups in total. The molecular weight excluding hydrogens is 472 g/mol. The molecule has 0 spiro atoms. The fourth-order valence-electron chi connectivity index (χ4n) is 5.55. The molecule has 204 valence electrons. The molecule has 0 aliphatic rings. The lowest BCUT2D eigenvalue weighted by Crippen LogP contribution is -1.95. The monoisotopic (exact) mass is 518 g/mol. The van der Waals surface area contributed by atoms with Crippen molar-refractivity contribution in [1.29, 1.82) is 0 Å². The van der Waals surface area contributed by atoms with Crippen molar-refractivity contribution in [3.05, 3.63) is 129 Å². The molecule has 0 radical (unpaired) electrons. The third-order valence-electron chi connectivity index (χ3n) is 7.98. The highest BCUT2D eigenvalue weighted by atomic mass is 14.5. The smallest absolute Gasteiger partial charge is 0.0314 e. The van der Waals surface area contributed by atoms with Crippen molar-refractivity contribution in [3.63, 3.8) is 0 Å². The maximum absolute atomic E-state index is 5.81. The number of unbranched alkanes of at least 4 members (excludes halogenated alkanes) is 6. The van der Waals surface area contributed by atoms with Gasteiger partial charge in [0.25, 0.3) is 0 Å². The predicted molar refractivity (Wildman–Crippen MR) is 169 cm³/mol. The summed E-state index contributed by atoms with van der Waals surface area (Å²) in [6.07, 6.45) is 13.7. The lowest BCUT2D eigenvalue weighted by Gasteiger charge is -2.10. The number of nitrogens with two attached hydrogens (primary N) is 2. The van der Waals surface area contributed by atoms with Crippen LogP contribution in [0.2, 0.25) is 0 Å². The van der Waals surface area contributed by atoms with E-state index in [9.17, 15) is 0 Å². The average molecular weight is 519 g/mol. The van der Waals surface area contributed by atoms with Gasteiger partial charge in [-0.2, -0.15) is 0 Å². The van der Waals surface area contributed by atoms with Crippen LogP contribution in [0.3, 0.4) is 0 Å². The van der Waals surface area contributed by atoms with E-state index in [1.807, 2.05) is 24.3 Å². The molecule has 0 unspecified atom stereocenters. The van der Waals surface area contributed by atoms with Crippen molar-refractivity contribution in [2.75, 3.05) is 11.5 Å². The third kappa shape index (κ3) is 9.32. The summed E-state index contributed by atoms with van der Waals surface area (Å²) in [5, 5.41) is 0. The molecule has 0 amide bonds. The van der Waals surface area contributed by atoms with Gasteiger partial charge in [0.1, 0.15) is 0 Å². The highest BCUT2D eigenvalue weighted by Gasteiger charge is 2.04. The van der Waals surface area contributed by atoms with Crippen molar-refractivity contribution in [2.24, 2.45) is 0 Å². The molecule has 0 heterocycles. The Bertz CT molecular complexity index is 1200. The molecular formula is C37H46N2. The van der Waals surface area contributed by atoms with Crippen LogP contribution >= 0.6 is 0 Å². The fraction of sp³-hybridized carbons (Fsp3) is 0.351. The van der Waals surface area contributed by atoms with E-state index in [-0.39, 0.29) is 0 Å². The fourth-order valence-corrected chi connectivity index (χ4v) is 5.55. The van der Waals surface area contributed by atoms with Crippen molar-refractivity contribution >= 4 is 11.4 Å². The molecule has 0 fully saturated rings. The van der Waals surface area contributed by atoms with E-state index >= 15 is 0 Å². The summed E-state index contributed by atoms with van der Waals surface area (Å²) < 4.78 is 0. The summed E-state index contributed by atoms with van der Waals surface area (Å²) in [5.41, 5.74) is 24.5. The number of benzene rings is 4. The molecule has 0 bridgehead atoms. The van der Waals surface area contributed by atoms with Gasteiger partial charge in [-0.05, 0) is 121 Å². The van der Waals surface area contributed by atoms with Crippen molar-refractivity contribution in [3.8, 4) is 0 Å². The van der Waals surface area contributed by atoms with E-state index in [1.54, 1.807) is 0 Å². The summed E-state index contributed by atoms with van der Waals surface area (Å²) >= 11 is 0. The first-order valence-corrected chi connectivity index (χ1v) is 14.8. The Morgan fingerprint density at radius 1 is 0.410 bits per heavy atom. The van der Waals surface area contributed by atoms with Gasteiger partial charge in [-0.1, -0.05) is 92.8 Å². The zero-order valence-electron chi connectivity index (χ0n) is 24.0. The first kappa shape index (κ1) is 28.5. The Morgan fingerprint density at radius 3 is 1.10 bits per heavy atom. The average Bonchev–Trinajstić information content (AvgIpc) is 2.92. The Labute approximate surface area is 236 Å². The number of nitrogen functional groups attached to an aromatic ring is 2. The van der Waals surface area contributed by atoms with E-state index < -0.39 is 0 Å².